The molecule has 1 aliphatic rings. The average molecular weight is 232 g/mol. The van der Waals surface area contributed by atoms with Crippen LogP contribution in [0.3, 0.4) is 0 Å². The van der Waals surface area contributed by atoms with E-state index < -0.39 is 0 Å². The SMILES string of the molecule is Cc1cc(C)c(OCC2CC2)c(CCC=O)c1. The van der Waals surface area contributed by atoms with E-state index in [1.54, 1.807) is 0 Å². The van der Waals surface area contributed by atoms with Crippen LogP contribution in [0.15, 0.2) is 12.1 Å². The van der Waals surface area contributed by atoms with Gasteiger partial charge < -0.3 is 9.53 Å². The molecule has 2 nitrogen and oxygen atoms in total. The standard InChI is InChI=1S/C15H20O2/c1-11-8-12(2)15(17-10-13-5-6-13)14(9-11)4-3-7-16/h7-9,13H,3-6,10H2,1-2H3. The largest absolute Gasteiger partial charge is 0.493 e. The first-order valence-electron chi connectivity index (χ1n) is 6.37. The number of benzene rings is 1. The van der Waals surface area contributed by atoms with Crippen LogP contribution in [0.1, 0.15) is 36.0 Å². The molecule has 1 aliphatic carbocycles. The van der Waals surface area contributed by atoms with Crippen molar-refractivity contribution in [2.24, 2.45) is 5.92 Å². The van der Waals surface area contributed by atoms with Crippen LogP contribution in [0.4, 0.5) is 0 Å². The van der Waals surface area contributed by atoms with Gasteiger partial charge in [0.15, 0.2) is 0 Å². The molecule has 1 aromatic carbocycles. The summed E-state index contributed by atoms with van der Waals surface area (Å²) in [6.45, 7) is 5.00. The Labute approximate surface area is 103 Å². The Bertz CT molecular complexity index is 406. The van der Waals surface area contributed by atoms with Crippen LogP contribution < -0.4 is 4.74 Å². The molecule has 0 aliphatic heterocycles. The fourth-order valence-electron chi connectivity index (χ4n) is 2.13. The minimum Gasteiger partial charge on any atom is -0.493 e. The van der Waals surface area contributed by atoms with Gasteiger partial charge in [-0.05, 0) is 50.2 Å². The van der Waals surface area contributed by atoms with Crippen molar-refractivity contribution in [2.45, 2.75) is 39.5 Å². The lowest BCUT2D eigenvalue weighted by atomic mass is 10.0. The van der Waals surface area contributed by atoms with Gasteiger partial charge in [-0.3, -0.25) is 0 Å². The summed E-state index contributed by atoms with van der Waals surface area (Å²) in [5.74, 6) is 1.76. The van der Waals surface area contributed by atoms with Gasteiger partial charge in [0.25, 0.3) is 0 Å². The summed E-state index contributed by atoms with van der Waals surface area (Å²) in [4.78, 5) is 10.5. The number of carbonyl (C=O) groups is 1. The summed E-state index contributed by atoms with van der Waals surface area (Å²) >= 11 is 0. The molecule has 1 saturated carbocycles. The Hall–Kier alpha value is -1.31. The summed E-state index contributed by atoms with van der Waals surface area (Å²) in [5, 5.41) is 0. The van der Waals surface area contributed by atoms with Gasteiger partial charge in [0, 0.05) is 6.42 Å². The maximum Gasteiger partial charge on any atom is 0.125 e. The molecule has 0 aromatic heterocycles. The second-order valence-corrected chi connectivity index (χ2v) is 5.03. The molecule has 17 heavy (non-hydrogen) atoms. The molecule has 1 aromatic rings. The van der Waals surface area contributed by atoms with Crippen molar-refractivity contribution < 1.29 is 9.53 Å². The monoisotopic (exact) mass is 232 g/mol. The zero-order valence-electron chi connectivity index (χ0n) is 10.7. The van der Waals surface area contributed by atoms with Crippen molar-refractivity contribution in [2.75, 3.05) is 6.61 Å². The summed E-state index contributed by atoms with van der Waals surface area (Å²) < 4.78 is 5.93. The molecule has 0 heterocycles. The van der Waals surface area contributed by atoms with Crippen LogP contribution in [-0.4, -0.2) is 12.9 Å². The van der Waals surface area contributed by atoms with Gasteiger partial charge in [-0.25, -0.2) is 0 Å². The first-order chi connectivity index (χ1) is 8.20. The molecule has 0 radical (unpaired) electrons. The summed E-state index contributed by atoms with van der Waals surface area (Å²) in [6.07, 6.45) is 4.93. The second kappa shape index (κ2) is 5.35. The Morgan fingerprint density at radius 2 is 2.12 bits per heavy atom. The van der Waals surface area contributed by atoms with E-state index in [4.69, 9.17) is 4.74 Å². The van der Waals surface area contributed by atoms with Crippen molar-refractivity contribution in [3.63, 3.8) is 0 Å². The number of carbonyl (C=O) groups excluding carboxylic acids is 1. The Morgan fingerprint density at radius 1 is 1.35 bits per heavy atom. The van der Waals surface area contributed by atoms with Crippen molar-refractivity contribution in [3.05, 3.63) is 28.8 Å². The molecule has 2 heteroatoms. The molecule has 2 rings (SSSR count). The van der Waals surface area contributed by atoms with Crippen LogP contribution in [-0.2, 0) is 11.2 Å². The second-order valence-electron chi connectivity index (χ2n) is 5.03. The summed E-state index contributed by atoms with van der Waals surface area (Å²) in [6, 6.07) is 4.28. The molecule has 1 fully saturated rings. The van der Waals surface area contributed by atoms with E-state index in [2.05, 4.69) is 26.0 Å². The first kappa shape index (κ1) is 12.2. The third-order valence-corrected chi connectivity index (χ3v) is 3.19. The van der Waals surface area contributed by atoms with Gasteiger partial charge in [0.05, 0.1) is 6.61 Å². The van der Waals surface area contributed by atoms with Crippen LogP contribution in [0.5, 0.6) is 5.75 Å². The smallest absolute Gasteiger partial charge is 0.125 e. The maximum absolute atomic E-state index is 10.5. The summed E-state index contributed by atoms with van der Waals surface area (Å²) in [5.41, 5.74) is 3.60. The highest BCUT2D eigenvalue weighted by Gasteiger charge is 2.22. The van der Waals surface area contributed by atoms with Gasteiger partial charge in [0.1, 0.15) is 12.0 Å². The van der Waals surface area contributed by atoms with E-state index in [-0.39, 0.29) is 0 Å². The lowest BCUT2D eigenvalue weighted by Gasteiger charge is -2.14. The predicted octanol–water partition coefficient (Wildman–Crippen LogP) is 3.22. The van der Waals surface area contributed by atoms with Gasteiger partial charge in [-0.1, -0.05) is 17.7 Å². The zero-order valence-corrected chi connectivity index (χ0v) is 10.7. The molecule has 0 unspecified atom stereocenters. The number of ether oxygens (including phenoxy) is 1. The Kier molecular flexibility index (Phi) is 3.82. The van der Waals surface area contributed by atoms with Crippen LogP contribution in [0.25, 0.3) is 0 Å². The van der Waals surface area contributed by atoms with Gasteiger partial charge in [0.2, 0.25) is 0 Å². The number of hydrogen-bond acceptors (Lipinski definition) is 2. The number of aryl methyl sites for hydroxylation is 3. The molecule has 0 amide bonds. The molecule has 0 N–H and O–H groups in total. The highest BCUT2D eigenvalue weighted by molar-refractivity contribution is 5.52. The van der Waals surface area contributed by atoms with Crippen molar-refractivity contribution >= 4 is 6.29 Å². The van der Waals surface area contributed by atoms with Crippen molar-refractivity contribution in [1.29, 1.82) is 0 Å². The number of aldehydes is 1. The molecular formula is C15H20O2. The highest BCUT2D eigenvalue weighted by Crippen LogP contribution is 2.32. The molecule has 0 spiro atoms. The normalized spacial score (nSPS) is 14.7. The van der Waals surface area contributed by atoms with Gasteiger partial charge in [-0.2, -0.15) is 0 Å². The van der Waals surface area contributed by atoms with E-state index in [9.17, 15) is 4.79 Å². The highest BCUT2D eigenvalue weighted by atomic mass is 16.5. The lowest BCUT2D eigenvalue weighted by molar-refractivity contribution is -0.107. The fourth-order valence-corrected chi connectivity index (χ4v) is 2.13. The third-order valence-electron chi connectivity index (χ3n) is 3.19. The summed E-state index contributed by atoms with van der Waals surface area (Å²) in [7, 11) is 0. The van der Waals surface area contributed by atoms with Crippen molar-refractivity contribution in [1.82, 2.24) is 0 Å². The average Bonchev–Trinajstić information content (AvgIpc) is 3.08. The molecule has 0 bridgehead atoms. The zero-order chi connectivity index (χ0) is 12.3. The quantitative estimate of drug-likeness (QED) is 0.704. The van der Waals surface area contributed by atoms with Crippen LogP contribution in [0, 0.1) is 19.8 Å². The number of rotatable bonds is 6. The topological polar surface area (TPSA) is 26.3 Å². The number of hydrogen-bond donors (Lipinski definition) is 0. The van der Waals surface area contributed by atoms with E-state index in [1.807, 2.05) is 0 Å². The van der Waals surface area contributed by atoms with Gasteiger partial charge in [-0.15, -0.1) is 0 Å². The minimum absolute atomic E-state index is 0.572. The van der Waals surface area contributed by atoms with Gasteiger partial charge >= 0.3 is 0 Å². The van der Waals surface area contributed by atoms with E-state index in [0.29, 0.717) is 6.42 Å². The maximum atomic E-state index is 10.5. The van der Waals surface area contributed by atoms with Crippen molar-refractivity contribution in [3.8, 4) is 5.75 Å². The predicted molar refractivity (Wildman–Crippen MR) is 68.5 cm³/mol. The fraction of sp³-hybridized carbons (Fsp3) is 0.533. The van der Waals surface area contributed by atoms with Crippen LogP contribution >= 0.6 is 0 Å². The Balaban J connectivity index is 2.15. The minimum atomic E-state index is 0.572. The molecule has 92 valence electrons. The molecular weight excluding hydrogens is 212 g/mol. The molecule has 0 saturated heterocycles. The lowest BCUT2D eigenvalue weighted by Crippen LogP contribution is -2.04. The Morgan fingerprint density at radius 3 is 2.76 bits per heavy atom. The molecule has 0 atom stereocenters. The first-order valence-corrected chi connectivity index (χ1v) is 6.37. The van der Waals surface area contributed by atoms with E-state index in [0.717, 1.165) is 31.0 Å². The third kappa shape index (κ3) is 3.32. The van der Waals surface area contributed by atoms with E-state index in [1.165, 1.54) is 29.5 Å². The van der Waals surface area contributed by atoms with E-state index >= 15 is 0 Å². The van der Waals surface area contributed by atoms with Crippen LogP contribution in [0.2, 0.25) is 0 Å².